The summed E-state index contributed by atoms with van der Waals surface area (Å²) in [6, 6.07) is 1.40. The van der Waals surface area contributed by atoms with Crippen molar-refractivity contribution in [3.63, 3.8) is 0 Å². The second kappa shape index (κ2) is 9.26. The summed E-state index contributed by atoms with van der Waals surface area (Å²) in [5.74, 6) is 0.0613. The Morgan fingerprint density at radius 3 is 2.68 bits per heavy atom. The molecule has 2 radical (unpaired) electrons. The topological polar surface area (TPSA) is 157 Å². The van der Waals surface area contributed by atoms with E-state index in [0.717, 1.165) is 4.57 Å². The SMILES string of the molecule is Nc1ccn([C@H]2C[C@H](O)[C@@H](COP(=O)(O)O)O2)c(=O)n1.[Na].[Na]. The second-order valence-electron chi connectivity index (χ2n) is 4.26. The van der Waals surface area contributed by atoms with Crippen molar-refractivity contribution in [3.8, 4) is 0 Å². The number of aliphatic hydroxyl groups is 1. The van der Waals surface area contributed by atoms with Gasteiger partial charge in [0.1, 0.15) is 18.1 Å². The molecule has 1 aromatic rings. The van der Waals surface area contributed by atoms with Gasteiger partial charge in [-0.05, 0) is 6.07 Å². The van der Waals surface area contributed by atoms with Gasteiger partial charge in [0, 0.05) is 71.7 Å². The minimum Gasteiger partial charge on any atom is -0.390 e. The van der Waals surface area contributed by atoms with Crippen LogP contribution in [0.25, 0.3) is 0 Å². The molecule has 0 unspecified atom stereocenters. The number of hydrogen-bond acceptors (Lipinski definition) is 7. The summed E-state index contributed by atoms with van der Waals surface area (Å²) in [6.45, 7) is -0.487. The van der Waals surface area contributed by atoms with E-state index in [0.29, 0.717) is 0 Å². The average Bonchev–Trinajstić information content (AvgIpc) is 2.67. The number of anilines is 1. The number of nitrogens with two attached hydrogens (primary N) is 1. The van der Waals surface area contributed by atoms with Crippen molar-refractivity contribution in [1.29, 1.82) is 0 Å². The molecule has 10 nitrogen and oxygen atoms in total. The average molecular weight is 353 g/mol. The molecule has 2 rings (SSSR count). The van der Waals surface area contributed by atoms with E-state index >= 15 is 0 Å². The Labute approximate surface area is 169 Å². The second-order valence-corrected chi connectivity index (χ2v) is 5.50. The third kappa shape index (κ3) is 6.31. The molecule has 1 aliphatic heterocycles. The summed E-state index contributed by atoms with van der Waals surface area (Å²) >= 11 is 0. The van der Waals surface area contributed by atoms with Gasteiger partial charge in [-0.15, -0.1) is 0 Å². The fourth-order valence-corrected chi connectivity index (χ4v) is 2.19. The molecule has 0 saturated carbocycles. The van der Waals surface area contributed by atoms with Crippen molar-refractivity contribution in [2.24, 2.45) is 0 Å². The molecule has 1 saturated heterocycles. The monoisotopic (exact) mass is 353 g/mol. The minimum atomic E-state index is -4.64. The van der Waals surface area contributed by atoms with E-state index in [2.05, 4.69) is 9.51 Å². The van der Waals surface area contributed by atoms with Crippen LogP contribution in [-0.2, 0) is 13.8 Å². The molecule has 13 heteroatoms. The Kier molecular flexibility index (Phi) is 9.56. The van der Waals surface area contributed by atoms with E-state index in [9.17, 15) is 14.5 Å². The smallest absolute Gasteiger partial charge is 0.390 e. The molecule has 22 heavy (non-hydrogen) atoms. The summed E-state index contributed by atoms with van der Waals surface area (Å²) in [5, 5.41) is 9.74. The maximum absolute atomic E-state index is 11.6. The van der Waals surface area contributed by atoms with E-state index < -0.39 is 38.6 Å². The maximum atomic E-state index is 11.6. The van der Waals surface area contributed by atoms with Gasteiger partial charge in [-0.1, -0.05) is 0 Å². The molecule has 114 valence electrons. The summed E-state index contributed by atoms with van der Waals surface area (Å²) in [6.07, 6.45) is -1.32. The first-order chi connectivity index (χ1) is 9.26. The number of aliphatic hydroxyl groups excluding tert-OH is 1. The van der Waals surface area contributed by atoms with Crippen LogP contribution in [0.5, 0.6) is 0 Å². The largest absolute Gasteiger partial charge is 0.469 e. The van der Waals surface area contributed by atoms with Crippen molar-refractivity contribution in [2.45, 2.75) is 24.9 Å². The number of phosphoric ester groups is 1. The van der Waals surface area contributed by atoms with Crippen LogP contribution in [0.1, 0.15) is 12.6 Å². The number of nitrogens with zero attached hydrogens (tertiary/aromatic N) is 2. The van der Waals surface area contributed by atoms with Crippen molar-refractivity contribution in [2.75, 3.05) is 12.3 Å². The number of nitrogen functional groups attached to an aromatic ring is 1. The third-order valence-corrected chi connectivity index (χ3v) is 3.26. The molecule has 1 aliphatic rings. The maximum Gasteiger partial charge on any atom is 0.469 e. The predicted octanol–water partition coefficient (Wildman–Crippen LogP) is -2.18. The molecular weight excluding hydrogens is 339 g/mol. The van der Waals surface area contributed by atoms with Crippen molar-refractivity contribution in [1.82, 2.24) is 9.55 Å². The van der Waals surface area contributed by atoms with Gasteiger partial charge in [-0.25, -0.2) is 9.36 Å². The molecule has 2 heterocycles. The van der Waals surface area contributed by atoms with Gasteiger partial charge in [0.05, 0.1) is 12.7 Å². The van der Waals surface area contributed by atoms with E-state index in [1.54, 1.807) is 0 Å². The van der Waals surface area contributed by atoms with E-state index in [1.807, 2.05) is 0 Å². The summed E-state index contributed by atoms with van der Waals surface area (Å²) in [7, 11) is -4.64. The van der Waals surface area contributed by atoms with Gasteiger partial charge in [0.25, 0.3) is 0 Å². The normalized spacial score (nSPS) is 24.4. The van der Waals surface area contributed by atoms with E-state index in [4.69, 9.17) is 20.3 Å². The van der Waals surface area contributed by atoms with E-state index in [-0.39, 0.29) is 71.4 Å². The standard InChI is InChI=1S/C9H14N3O7P.2Na/c10-7-1-2-12(9(14)11-7)8-3-5(13)6(19-8)4-18-20(15,16)17;;/h1-2,5-6,8,13H,3-4H2,(H2,10,11,14)(H2,15,16,17);;/t5-,6+,8+;;/m0../s1. The molecule has 1 aromatic heterocycles. The van der Waals surface area contributed by atoms with Crippen LogP contribution in [-0.4, -0.2) is 102 Å². The van der Waals surface area contributed by atoms with Gasteiger partial charge in [0.2, 0.25) is 0 Å². The number of hydrogen-bond donors (Lipinski definition) is 4. The van der Waals surface area contributed by atoms with Crippen molar-refractivity contribution in [3.05, 3.63) is 22.7 Å². The molecule has 0 amide bonds. The van der Waals surface area contributed by atoms with Gasteiger partial charge in [-0.3, -0.25) is 9.09 Å². The molecular formula is C9H14N3Na2O7P. The van der Waals surface area contributed by atoms with Gasteiger partial charge >= 0.3 is 13.5 Å². The zero-order valence-electron chi connectivity index (χ0n) is 12.2. The van der Waals surface area contributed by atoms with Crippen molar-refractivity contribution < 1.29 is 28.7 Å². The Bertz CT molecular complexity index is 595. The zero-order valence-corrected chi connectivity index (χ0v) is 17.1. The summed E-state index contributed by atoms with van der Waals surface area (Å²) < 4.78 is 21.3. The van der Waals surface area contributed by atoms with Crippen LogP contribution < -0.4 is 11.4 Å². The summed E-state index contributed by atoms with van der Waals surface area (Å²) in [4.78, 5) is 32.3. The molecule has 3 atom stereocenters. The quantitative estimate of drug-likeness (QED) is 0.349. The molecule has 0 aliphatic carbocycles. The first-order valence-corrected chi connectivity index (χ1v) is 7.17. The van der Waals surface area contributed by atoms with Crippen LogP contribution in [0, 0.1) is 0 Å². The van der Waals surface area contributed by atoms with Crippen LogP contribution >= 0.6 is 7.82 Å². The molecule has 1 fully saturated rings. The first-order valence-electron chi connectivity index (χ1n) is 5.64. The molecule has 0 aromatic carbocycles. The number of phosphoric acid groups is 1. The number of aromatic nitrogens is 2. The Balaban J connectivity index is 0.00000220. The zero-order chi connectivity index (χ0) is 14.9. The Hall–Kier alpha value is 0.710. The molecule has 0 bridgehead atoms. The number of rotatable bonds is 4. The van der Waals surface area contributed by atoms with Crippen LogP contribution in [0.4, 0.5) is 5.82 Å². The Morgan fingerprint density at radius 2 is 2.14 bits per heavy atom. The van der Waals surface area contributed by atoms with Crippen LogP contribution in [0.2, 0.25) is 0 Å². The fraction of sp³-hybridized carbons (Fsp3) is 0.556. The van der Waals surface area contributed by atoms with Gasteiger partial charge in [-0.2, -0.15) is 4.98 Å². The predicted molar refractivity (Wildman–Crippen MR) is 76.9 cm³/mol. The third-order valence-electron chi connectivity index (χ3n) is 2.77. The van der Waals surface area contributed by atoms with Gasteiger partial charge < -0.3 is 25.4 Å². The van der Waals surface area contributed by atoms with E-state index in [1.165, 1.54) is 12.3 Å². The van der Waals surface area contributed by atoms with Gasteiger partial charge in [0.15, 0.2) is 0 Å². The fourth-order valence-electron chi connectivity index (χ4n) is 1.85. The minimum absolute atomic E-state index is 0. The molecule has 5 N–H and O–H groups in total. The first kappa shape index (κ1) is 22.7. The molecule has 0 spiro atoms. The van der Waals surface area contributed by atoms with Crippen molar-refractivity contribution >= 4 is 72.8 Å². The Morgan fingerprint density at radius 1 is 1.50 bits per heavy atom. The summed E-state index contributed by atoms with van der Waals surface area (Å²) in [5.41, 5.74) is 4.72. The van der Waals surface area contributed by atoms with Crippen LogP contribution in [0.15, 0.2) is 17.1 Å². The van der Waals surface area contributed by atoms with Crippen LogP contribution in [0.3, 0.4) is 0 Å². The number of ether oxygens (including phenoxy) is 1.